The molecule has 2 aromatic rings. The van der Waals surface area contributed by atoms with Crippen LogP contribution in [0.25, 0.3) is 0 Å². The lowest BCUT2D eigenvalue weighted by atomic mass is 10.1. The number of ether oxygens (including phenoxy) is 3. The van der Waals surface area contributed by atoms with Crippen LogP contribution in [-0.2, 0) is 20.9 Å². The summed E-state index contributed by atoms with van der Waals surface area (Å²) in [5, 5.41) is 24.8. The van der Waals surface area contributed by atoms with Gasteiger partial charge >= 0.3 is 0 Å². The molecule has 0 radical (unpaired) electrons. The summed E-state index contributed by atoms with van der Waals surface area (Å²) < 4.78 is 15.8. The molecule has 0 spiro atoms. The van der Waals surface area contributed by atoms with Crippen molar-refractivity contribution in [1.29, 1.82) is 5.26 Å². The van der Waals surface area contributed by atoms with Crippen LogP contribution < -0.4 is 15.1 Å². The molecule has 12 heteroatoms. The summed E-state index contributed by atoms with van der Waals surface area (Å²) in [7, 11) is 1.51. The van der Waals surface area contributed by atoms with Gasteiger partial charge in [0.05, 0.1) is 31.0 Å². The highest BCUT2D eigenvalue weighted by molar-refractivity contribution is 5.85. The zero-order chi connectivity index (χ0) is 24.5. The minimum atomic E-state index is -0.587. The number of hydrazone groups is 1. The topological polar surface area (TPSA) is 152 Å². The van der Waals surface area contributed by atoms with Crippen LogP contribution in [0.4, 0.5) is 11.4 Å². The first-order chi connectivity index (χ1) is 16.4. The number of carbonyl (C=O) groups excluding carboxylic acids is 1. The number of aromatic nitrogens is 1. The van der Waals surface area contributed by atoms with E-state index >= 15 is 0 Å². The van der Waals surface area contributed by atoms with E-state index in [0.717, 1.165) is 0 Å². The number of nitrogens with zero attached hydrogens (tertiary/aromatic N) is 5. The van der Waals surface area contributed by atoms with Gasteiger partial charge in [0.15, 0.2) is 6.61 Å². The van der Waals surface area contributed by atoms with E-state index < -0.39 is 17.4 Å². The zero-order valence-electron chi connectivity index (χ0n) is 18.8. The van der Waals surface area contributed by atoms with Gasteiger partial charge in [-0.3, -0.25) is 14.9 Å². The Bertz CT molecular complexity index is 1120. The van der Waals surface area contributed by atoms with Crippen molar-refractivity contribution in [2.75, 3.05) is 44.9 Å². The van der Waals surface area contributed by atoms with Gasteiger partial charge in [-0.1, -0.05) is 6.07 Å². The highest BCUT2D eigenvalue weighted by atomic mass is 16.6. The first kappa shape index (κ1) is 24.6. The van der Waals surface area contributed by atoms with Crippen molar-refractivity contribution in [3.8, 4) is 11.9 Å². The van der Waals surface area contributed by atoms with Crippen LogP contribution in [0.5, 0.6) is 5.88 Å². The lowest BCUT2D eigenvalue weighted by Crippen LogP contribution is -2.36. The molecule has 1 aliphatic rings. The second kappa shape index (κ2) is 11.7. The number of nitro benzene ring substituents is 1. The lowest BCUT2D eigenvalue weighted by molar-refractivity contribution is -0.384. The fourth-order valence-electron chi connectivity index (χ4n) is 3.39. The van der Waals surface area contributed by atoms with E-state index in [-0.39, 0.29) is 23.7 Å². The van der Waals surface area contributed by atoms with Crippen molar-refractivity contribution >= 4 is 23.5 Å². The van der Waals surface area contributed by atoms with E-state index in [0.29, 0.717) is 48.8 Å². The molecule has 178 valence electrons. The lowest BCUT2D eigenvalue weighted by Gasteiger charge is -2.28. The van der Waals surface area contributed by atoms with Crippen LogP contribution in [0.1, 0.15) is 22.4 Å². The molecule has 1 saturated heterocycles. The largest absolute Gasteiger partial charge is 0.467 e. The maximum Gasteiger partial charge on any atom is 0.293 e. The summed E-state index contributed by atoms with van der Waals surface area (Å²) in [5.41, 5.74) is 4.60. The van der Waals surface area contributed by atoms with Gasteiger partial charge in [0.2, 0.25) is 5.88 Å². The number of nitrogens with one attached hydrogen (secondary N) is 1. The summed E-state index contributed by atoms with van der Waals surface area (Å²) >= 11 is 0. The molecule has 1 fully saturated rings. The Morgan fingerprint density at radius 2 is 2.18 bits per heavy atom. The summed E-state index contributed by atoms with van der Waals surface area (Å²) in [5.74, 6) is -0.556. The number of nitriles is 1. The third-order valence-corrected chi connectivity index (χ3v) is 4.90. The van der Waals surface area contributed by atoms with Gasteiger partial charge in [0, 0.05) is 43.1 Å². The summed E-state index contributed by atoms with van der Waals surface area (Å²) in [6.45, 7) is 3.68. The Morgan fingerprint density at radius 3 is 2.85 bits per heavy atom. The van der Waals surface area contributed by atoms with Gasteiger partial charge in [-0.25, -0.2) is 10.4 Å². The van der Waals surface area contributed by atoms with Gasteiger partial charge in [-0.05, 0) is 19.1 Å². The Balaban J connectivity index is 1.63. The second-order valence-corrected chi connectivity index (χ2v) is 7.33. The molecule has 0 atom stereocenters. The number of aryl methyl sites for hydroxylation is 1. The van der Waals surface area contributed by atoms with Crippen molar-refractivity contribution in [3.63, 3.8) is 0 Å². The number of pyridine rings is 1. The summed E-state index contributed by atoms with van der Waals surface area (Å²) in [6, 6.07) is 8.45. The third-order valence-electron chi connectivity index (χ3n) is 4.90. The van der Waals surface area contributed by atoms with E-state index in [1.807, 2.05) is 11.0 Å². The standard InChI is InChI=1S/C22H24N6O6/c1-15-9-17(13-32-2)18(11-23)22(25-15)34-14-21(29)26-24-12-16-3-4-19(20(10-16)28(30)31)27-5-7-33-8-6-27/h3-4,9-10,12H,5-8,13-14H2,1-2H3,(H,26,29)/b24-12+. The number of methoxy groups -OCH3 is 1. The molecule has 1 N–H and O–H groups in total. The van der Waals surface area contributed by atoms with E-state index in [4.69, 9.17) is 14.2 Å². The predicted molar refractivity (Wildman–Crippen MR) is 122 cm³/mol. The first-order valence-corrected chi connectivity index (χ1v) is 10.4. The SMILES string of the molecule is COCc1cc(C)nc(OCC(=O)N/N=C/c2ccc(N3CCOCC3)c([N+](=O)[O-])c2)c1C#N. The number of anilines is 1. The number of morpholine rings is 1. The van der Waals surface area contributed by atoms with E-state index in [1.54, 1.807) is 25.1 Å². The number of carbonyl (C=O) groups is 1. The van der Waals surface area contributed by atoms with Gasteiger partial charge < -0.3 is 19.1 Å². The molecule has 1 aromatic carbocycles. The number of nitro groups is 1. The number of rotatable bonds is 9. The fourth-order valence-corrected chi connectivity index (χ4v) is 3.39. The molecule has 12 nitrogen and oxygen atoms in total. The third kappa shape index (κ3) is 6.25. The van der Waals surface area contributed by atoms with Crippen LogP contribution in [0, 0.1) is 28.4 Å². The van der Waals surface area contributed by atoms with Gasteiger partial charge in [0.25, 0.3) is 11.6 Å². The molecule has 0 bridgehead atoms. The Kier molecular flexibility index (Phi) is 8.44. The Labute approximate surface area is 195 Å². The number of hydrogen-bond donors (Lipinski definition) is 1. The molecule has 2 heterocycles. The molecule has 34 heavy (non-hydrogen) atoms. The molecule has 0 saturated carbocycles. The average molecular weight is 468 g/mol. The number of amides is 1. The van der Waals surface area contributed by atoms with E-state index in [9.17, 15) is 20.2 Å². The molecular weight excluding hydrogens is 444 g/mol. The monoisotopic (exact) mass is 468 g/mol. The minimum absolute atomic E-state index is 0.0306. The summed E-state index contributed by atoms with van der Waals surface area (Å²) in [4.78, 5) is 29.3. The highest BCUT2D eigenvalue weighted by Gasteiger charge is 2.21. The van der Waals surface area contributed by atoms with Gasteiger partial charge in [0.1, 0.15) is 17.3 Å². The van der Waals surface area contributed by atoms with Crippen LogP contribution >= 0.6 is 0 Å². The molecule has 0 unspecified atom stereocenters. The van der Waals surface area contributed by atoms with Crippen molar-refractivity contribution in [2.24, 2.45) is 5.10 Å². The van der Waals surface area contributed by atoms with Gasteiger partial charge in [-0.2, -0.15) is 10.4 Å². The van der Waals surface area contributed by atoms with Crippen molar-refractivity contribution < 1.29 is 23.9 Å². The molecular formula is C22H24N6O6. The summed E-state index contributed by atoms with van der Waals surface area (Å²) in [6.07, 6.45) is 1.30. The predicted octanol–water partition coefficient (Wildman–Crippen LogP) is 1.68. The average Bonchev–Trinajstić information content (AvgIpc) is 2.83. The van der Waals surface area contributed by atoms with E-state index in [1.165, 1.54) is 19.4 Å². The molecule has 1 aliphatic heterocycles. The maximum absolute atomic E-state index is 12.1. The molecule has 3 rings (SSSR count). The molecule has 1 amide bonds. The maximum atomic E-state index is 12.1. The van der Waals surface area contributed by atoms with Crippen molar-refractivity contribution in [2.45, 2.75) is 13.5 Å². The quantitative estimate of drug-likeness (QED) is 0.329. The van der Waals surface area contributed by atoms with Crippen LogP contribution in [-0.4, -0.2) is 62.0 Å². The number of benzene rings is 1. The Hall–Kier alpha value is -4.08. The molecule has 1 aromatic heterocycles. The van der Waals surface area contributed by atoms with E-state index in [2.05, 4.69) is 15.5 Å². The first-order valence-electron chi connectivity index (χ1n) is 10.4. The van der Waals surface area contributed by atoms with Crippen molar-refractivity contribution in [1.82, 2.24) is 10.4 Å². The second-order valence-electron chi connectivity index (χ2n) is 7.33. The van der Waals surface area contributed by atoms with Crippen LogP contribution in [0.3, 0.4) is 0 Å². The fraction of sp³-hybridized carbons (Fsp3) is 0.364. The Morgan fingerprint density at radius 1 is 1.41 bits per heavy atom. The van der Waals surface area contributed by atoms with Crippen LogP contribution in [0.15, 0.2) is 29.4 Å². The molecule has 0 aliphatic carbocycles. The normalized spacial score (nSPS) is 13.5. The van der Waals surface area contributed by atoms with Crippen LogP contribution in [0.2, 0.25) is 0 Å². The number of hydrogen-bond acceptors (Lipinski definition) is 10. The minimum Gasteiger partial charge on any atom is -0.467 e. The van der Waals surface area contributed by atoms with Gasteiger partial charge in [-0.15, -0.1) is 0 Å². The highest BCUT2D eigenvalue weighted by Crippen LogP contribution is 2.29. The van der Waals surface area contributed by atoms with Crippen molar-refractivity contribution in [3.05, 3.63) is 56.8 Å². The zero-order valence-corrected chi connectivity index (χ0v) is 18.8. The smallest absolute Gasteiger partial charge is 0.293 e.